The Morgan fingerprint density at radius 3 is 2.00 bits per heavy atom. The Bertz CT molecular complexity index is 802. The van der Waals surface area contributed by atoms with Gasteiger partial charge in [0.1, 0.15) is 0 Å². The lowest BCUT2D eigenvalue weighted by Gasteiger charge is -2.17. The molecule has 2 atom stereocenters. The van der Waals surface area contributed by atoms with Crippen LogP contribution in [0.25, 0.3) is 0 Å². The highest BCUT2D eigenvalue weighted by molar-refractivity contribution is 6.09. The van der Waals surface area contributed by atoms with Gasteiger partial charge in [0.05, 0.1) is 11.8 Å². The highest BCUT2D eigenvalue weighted by Gasteiger charge is 2.43. The van der Waals surface area contributed by atoms with Gasteiger partial charge in [-0.25, -0.2) is 0 Å². The number of nitrogens with two attached hydrogens (primary N) is 1. The number of nitrogens with one attached hydrogen (secondary N) is 1. The van der Waals surface area contributed by atoms with Gasteiger partial charge in [-0.2, -0.15) is 0 Å². The Labute approximate surface area is 206 Å². The minimum atomic E-state index is -0.652. The lowest BCUT2D eigenvalue weighted by Crippen LogP contribution is -2.23. The molecular formula is C29H44N2O3. The van der Waals surface area contributed by atoms with Crippen LogP contribution in [0.15, 0.2) is 36.4 Å². The smallest absolute Gasteiger partial charge is 0.249 e. The molecule has 1 aliphatic heterocycles. The Morgan fingerprint density at radius 1 is 0.824 bits per heavy atom. The van der Waals surface area contributed by atoms with E-state index in [1.54, 1.807) is 24.3 Å². The monoisotopic (exact) mass is 468 g/mol. The van der Waals surface area contributed by atoms with E-state index in [-0.39, 0.29) is 11.8 Å². The predicted molar refractivity (Wildman–Crippen MR) is 138 cm³/mol. The van der Waals surface area contributed by atoms with E-state index in [2.05, 4.69) is 24.4 Å². The SMILES string of the molecule is CCCCCCCCCCCCCCC=CCCC1C(=O)NC(=O)C1c1ccccc1C(N)=O. The first kappa shape index (κ1) is 27.8. The number of rotatable bonds is 18. The molecule has 34 heavy (non-hydrogen) atoms. The lowest BCUT2D eigenvalue weighted by molar-refractivity contribution is -0.125. The van der Waals surface area contributed by atoms with Crippen molar-refractivity contribution in [2.24, 2.45) is 11.7 Å². The first-order valence-electron chi connectivity index (χ1n) is 13.4. The zero-order valence-electron chi connectivity index (χ0n) is 21.0. The van der Waals surface area contributed by atoms with E-state index in [0.717, 1.165) is 12.8 Å². The van der Waals surface area contributed by atoms with Gasteiger partial charge in [-0.15, -0.1) is 0 Å². The summed E-state index contributed by atoms with van der Waals surface area (Å²) in [5.41, 5.74) is 6.34. The molecule has 3 amide bonds. The highest BCUT2D eigenvalue weighted by atomic mass is 16.2. The fourth-order valence-electron chi connectivity index (χ4n) is 4.89. The van der Waals surface area contributed by atoms with Crippen LogP contribution in [0.5, 0.6) is 0 Å². The first-order chi connectivity index (χ1) is 16.6. The molecule has 1 aromatic rings. The number of allylic oxidation sites excluding steroid dienone is 2. The molecule has 2 unspecified atom stereocenters. The highest BCUT2D eigenvalue weighted by Crippen LogP contribution is 2.35. The van der Waals surface area contributed by atoms with Gasteiger partial charge in [-0.1, -0.05) is 108 Å². The van der Waals surface area contributed by atoms with Gasteiger partial charge in [0.15, 0.2) is 0 Å². The number of carbonyl (C=O) groups excluding carboxylic acids is 3. The van der Waals surface area contributed by atoms with E-state index in [1.165, 1.54) is 77.0 Å². The van der Waals surface area contributed by atoms with Gasteiger partial charge in [0.2, 0.25) is 17.7 Å². The van der Waals surface area contributed by atoms with E-state index in [4.69, 9.17) is 5.73 Å². The Morgan fingerprint density at radius 2 is 1.38 bits per heavy atom. The average molecular weight is 469 g/mol. The van der Waals surface area contributed by atoms with E-state index in [1.807, 2.05) is 0 Å². The number of amides is 3. The number of benzene rings is 1. The van der Waals surface area contributed by atoms with E-state index in [0.29, 0.717) is 17.5 Å². The van der Waals surface area contributed by atoms with Crippen LogP contribution in [0.2, 0.25) is 0 Å². The van der Waals surface area contributed by atoms with Crippen LogP contribution in [-0.4, -0.2) is 17.7 Å². The summed E-state index contributed by atoms with van der Waals surface area (Å²) in [5.74, 6) is -2.30. The summed E-state index contributed by atoms with van der Waals surface area (Å²) in [4.78, 5) is 36.6. The third-order valence-electron chi connectivity index (χ3n) is 6.86. The van der Waals surface area contributed by atoms with Crippen molar-refractivity contribution in [2.75, 3.05) is 0 Å². The fourth-order valence-corrected chi connectivity index (χ4v) is 4.89. The molecule has 0 radical (unpaired) electrons. The molecule has 1 aromatic carbocycles. The number of primary amides is 1. The maximum absolute atomic E-state index is 12.4. The molecule has 1 fully saturated rings. The Hall–Kier alpha value is -2.43. The number of unbranched alkanes of at least 4 members (excludes halogenated alkanes) is 12. The third-order valence-corrected chi connectivity index (χ3v) is 6.86. The van der Waals surface area contributed by atoms with Crippen LogP contribution in [-0.2, 0) is 9.59 Å². The Kier molecular flexibility index (Phi) is 13.3. The molecule has 3 N–H and O–H groups in total. The Balaban J connectivity index is 1.61. The molecule has 5 nitrogen and oxygen atoms in total. The molecule has 2 rings (SSSR count). The number of hydrogen-bond acceptors (Lipinski definition) is 3. The van der Waals surface area contributed by atoms with Crippen LogP contribution in [0, 0.1) is 5.92 Å². The maximum Gasteiger partial charge on any atom is 0.249 e. The zero-order chi connectivity index (χ0) is 24.6. The predicted octanol–water partition coefficient (Wildman–Crippen LogP) is 6.57. The van der Waals surface area contributed by atoms with E-state index < -0.39 is 17.7 Å². The molecule has 0 bridgehead atoms. The summed E-state index contributed by atoms with van der Waals surface area (Å²) in [5, 5.41) is 2.43. The summed E-state index contributed by atoms with van der Waals surface area (Å²) in [6, 6.07) is 6.81. The molecule has 188 valence electrons. The normalized spacial score (nSPS) is 18.0. The largest absolute Gasteiger partial charge is 0.366 e. The summed E-state index contributed by atoms with van der Waals surface area (Å²) >= 11 is 0. The molecule has 1 saturated heterocycles. The van der Waals surface area contributed by atoms with Crippen molar-refractivity contribution in [3.05, 3.63) is 47.5 Å². The van der Waals surface area contributed by atoms with Crippen molar-refractivity contribution in [1.29, 1.82) is 0 Å². The molecular weight excluding hydrogens is 424 g/mol. The summed E-state index contributed by atoms with van der Waals surface area (Å²) in [6.45, 7) is 2.26. The second kappa shape index (κ2) is 16.2. The number of imide groups is 1. The van der Waals surface area contributed by atoms with E-state index >= 15 is 0 Å². The van der Waals surface area contributed by atoms with Gasteiger partial charge < -0.3 is 5.73 Å². The lowest BCUT2D eigenvalue weighted by atomic mass is 9.82. The quantitative estimate of drug-likeness (QED) is 0.145. The van der Waals surface area contributed by atoms with Crippen LogP contribution in [0.3, 0.4) is 0 Å². The van der Waals surface area contributed by atoms with Crippen molar-refractivity contribution >= 4 is 17.7 Å². The standard InChI is InChI=1S/C29H44N2O3/c1-2-3-4-5-6-7-8-9-10-11-12-13-14-15-16-17-22-25-26(29(34)31-28(25)33)23-20-18-19-21-24(23)27(30)32/h15-16,18-21,25-26H,2-14,17,22H2,1H3,(H2,30,32)(H,31,33,34). The first-order valence-corrected chi connectivity index (χ1v) is 13.4. The molecule has 0 spiro atoms. The number of carbonyl (C=O) groups is 3. The average Bonchev–Trinajstić information content (AvgIpc) is 3.11. The molecule has 0 aliphatic carbocycles. The van der Waals surface area contributed by atoms with Crippen LogP contribution < -0.4 is 11.1 Å². The van der Waals surface area contributed by atoms with Gasteiger partial charge in [0.25, 0.3) is 0 Å². The van der Waals surface area contributed by atoms with Gasteiger partial charge >= 0.3 is 0 Å². The van der Waals surface area contributed by atoms with E-state index in [9.17, 15) is 14.4 Å². The van der Waals surface area contributed by atoms with Crippen molar-refractivity contribution in [1.82, 2.24) is 5.32 Å². The summed E-state index contributed by atoms with van der Waals surface area (Å²) in [6.07, 6.45) is 22.9. The second-order valence-corrected chi connectivity index (χ2v) is 9.62. The fraction of sp³-hybridized carbons (Fsp3) is 0.621. The van der Waals surface area contributed by atoms with Gasteiger partial charge in [-0.3, -0.25) is 19.7 Å². The maximum atomic E-state index is 12.4. The molecule has 0 aromatic heterocycles. The number of hydrogen-bond donors (Lipinski definition) is 2. The van der Waals surface area contributed by atoms with Crippen molar-refractivity contribution in [3.63, 3.8) is 0 Å². The second-order valence-electron chi connectivity index (χ2n) is 9.62. The van der Waals surface area contributed by atoms with Gasteiger partial charge in [-0.05, 0) is 37.3 Å². The zero-order valence-corrected chi connectivity index (χ0v) is 21.0. The summed E-state index contributed by atoms with van der Waals surface area (Å²) in [7, 11) is 0. The van der Waals surface area contributed by atoms with Crippen molar-refractivity contribution < 1.29 is 14.4 Å². The molecule has 1 heterocycles. The van der Waals surface area contributed by atoms with Crippen molar-refractivity contribution in [2.45, 2.75) is 109 Å². The third kappa shape index (κ3) is 9.44. The van der Waals surface area contributed by atoms with Crippen molar-refractivity contribution in [3.8, 4) is 0 Å². The molecule has 1 aliphatic rings. The minimum absolute atomic E-state index is 0.261. The molecule has 0 saturated carbocycles. The topological polar surface area (TPSA) is 89.3 Å². The summed E-state index contributed by atoms with van der Waals surface area (Å²) < 4.78 is 0. The molecule has 5 heteroatoms. The van der Waals surface area contributed by atoms with Crippen LogP contribution in [0.4, 0.5) is 0 Å². The van der Waals surface area contributed by atoms with Gasteiger partial charge in [0, 0.05) is 5.56 Å². The van der Waals surface area contributed by atoms with Crippen LogP contribution in [0.1, 0.15) is 125 Å². The van der Waals surface area contributed by atoms with Crippen LogP contribution >= 0.6 is 0 Å². The minimum Gasteiger partial charge on any atom is -0.366 e.